The Morgan fingerprint density at radius 3 is 2.53 bits per heavy atom. The summed E-state index contributed by atoms with van der Waals surface area (Å²) in [5, 5.41) is 22.2. The standard InChI is InChI=1S/C24H14ClN3O9S/c25-17-10-21-20(35-12-36-21)8-14(17)11-26-23(29)22(38-24(26)30)7-13-2-1-3-16(6-13)37-19-5-4-15(27(31)32)9-18(19)28(33)34/h1-10H,11-12H2/b22-7+. The molecule has 0 atom stereocenters. The second-order valence-corrected chi connectivity index (χ2v) is 9.31. The van der Waals surface area contributed by atoms with Crippen LogP contribution in [0.4, 0.5) is 16.2 Å². The monoisotopic (exact) mass is 555 g/mol. The minimum Gasteiger partial charge on any atom is -0.454 e. The summed E-state index contributed by atoms with van der Waals surface area (Å²) in [7, 11) is 0. The van der Waals surface area contributed by atoms with Gasteiger partial charge >= 0.3 is 5.69 Å². The number of hydrogen-bond acceptors (Lipinski definition) is 10. The molecule has 1 saturated heterocycles. The number of hydrogen-bond donors (Lipinski definition) is 0. The van der Waals surface area contributed by atoms with E-state index in [-0.39, 0.29) is 29.7 Å². The molecule has 3 aromatic rings. The molecular weight excluding hydrogens is 542 g/mol. The van der Waals surface area contributed by atoms with Crippen LogP contribution in [0, 0.1) is 20.2 Å². The van der Waals surface area contributed by atoms with E-state index in [1.165, 1.54) is 18.2 Å². The van der Waals surface area contributed by atoms with Gasteiger partial charge in [-0.3, -0.25) is 34.7 Å². The molecule has 2 amide bonds. The van der Waals surface area contributed by atoms with E-state index < -0.39 is 32.4 Å². The van der Waals surface area contributed by atoms with Crippen molar-refractivity contribution in [3.63, 3.8) is 0 Å². The Morgan fingerprint density at radius 1 is 1.03 bits per heavy atom. The Morgan fingerprint density at radius 2 is 1.79 bits per heavy atom. The van der Waals surface area contributed by atoms with E-state index in [2.05, 4.69) is 0 Å². The van der Waals surface area contributed by atoms with E-state index in [0.717, 1.165) is 34.9 Å². The van der Waals surface area contributed by atoms with Gasteiger partial charge in [0.1, 0.15) is 5.75 Å². The maximum absolute atomic E-state index is 13.0. The summed E-state index contributed by atoms with van der Waals surface area (Å²) in [5.74, 6) is 0.415. The third kappa shape index (κ3) is 4.96. The average Bonchev–Trinajstić information content (AvgIpc) is 3.43. The molecule has 2 aliphatic rings. The molecule has 192 valence electrons. The van der Waals surface area contributed by atoms with E-state index in [4.69, 9.17) is 25.8 Å². The van der Waals surface area contributed by atoms with Crippen molar-refractivity contribution >= 4 is 52.0 Å². The molecule has 12 nitrogen and oxygen atoms in total. The summed E-state index contributed by atoms with van der Waals surface area (Å²) < 4.78 is 16.2. The molecular formula is C24H14ClN3O9S. The molecule has 0 aliphatic carbocycles. The second kappa shape index (κ2) is 10.0. The number of carbonyl (C=O) groups is 2. The summed E-state index contributed by atoms with van der Waals surface area (Å²) in [4.78, 5) is 47.6. The molecule has 0 aromatic heterocycles. The number of nitro groups is 2. The zero-order valence-corrected chi connectivity index (χ0v) is 20.6. The highest BCUT2D eigenvalue weighted by Crippen LogP contribution is 2.40. The van der Waals surface area contributed by atoms with Gasteiger partial charge in [0, 0.05) is 17.2 Å². The van der Waals surface area contributed by atoms with Gasteiger partial charge < -0.3 is 14.2 Å². The highest BCUT2D eigenvalue weighted by Gasteiger charge is 2.36. The molecule has 5 rings (SSSR count). The highest BCUT2D eigenvalue weighted by molar-refractivity contribution is 8.18. The van der Waals surface area contributed by atoms with Crippen LogP contribution in [0.1, 0.15) is 11.1 Å². The Kier molecular flexibility index (Phi) is 6.61. The molecule has 2 aliphatic heterocycles. The molecule has 1 fully saturated rings. The number of nitrogens with zero attached hydrogens (tertiary/aromatic N) is 3. The number of ether oxygens (including phenoxy) is 3. The van der Waals surface area contributed by atoms with Crippen LogP contribution in [0.5, 0.6) is 23.0 Å². The zero-order valence-electron chi connectivity index (χ0n) is 19.0. The van der Waals surface area contributed by atoms with Crippen LogP contribution in [-0.2, 0) is 11.3 Å². The number of amides is 2. The number of imide groups is 1. The van der Waals surface area contributed by atoms with Gasteiger partial charge in [0.05, 0.1) is 27.4 Å². The number of benzene rings is 3. The van der Waals surface area contributed by atoms with Gasteiger partial charge in [-0.25, -0.2) is 0 Å². The Hall–Kier alpha value is -4.62. The number of halogens is 1. The predicted octanol–water partition coefficient (Wildman–Crippen LogP) is 5.91. The first kappa shape index (κ1) is 25.0. The van der Waals surface area contributed by atoms with Crippen molar-refractivity contribution < 1.29 is 33.6 Å². The van der Waals surface area contributed by atoms with Crippen LogP contribution in [0.2, 0.25) is 5.02 Å². The lowest BCUT2D eigenvalue weighted by Gasteiger charge is -2.14. The number of nitro benzene ring substituents is 2. The maximum Gasteiger partial charge on any atom is 0.318 e. The smallest absolute Gasteiger partial charge is 0.318 e. The summed E-state index contributed by atoms with van der Waals surface area (Å²) in [6, 6.07) is 12.5. The first-order valence-corrected chi connectivity index (χ1v) is 11.9. The summed E-state index contributed by atoms with van der Waals surface area (Å²) in [6.45, 7) is -0.00973. The molecule has 0 bridgehead atoms. The summed E-state index contributed by atoms with van der Waals surface area (Å²) in [6.07, 6.45) is 1.49. The van der Waals surface area contributed by atoms with Crippen LogP contribution in [0.25, 0.3) is 6.08 Å². The van der Waals surface area contributed by atoms with Crippen LogP contribution >= 0.6 is 23.4 Å². The van der Waals surface area contributed by atoms with Crippen LogP contribution < -0.4 is 14.2 Å². The first-order valence-electron chi connectivity index (χ1n) is 10.7. The van der Waals surface area contributed by atoms with Gasteiger partial charge in [0.2, 0.25) is 12.5 Å². The maximum atomic E-state index is 13.0. The largest absolute Gasteiger partial charge is 0.454 e. The normalized spacial score (nSPS) is 15.3. The van der Waals surface area contributed by atoms with Crippen molar-refractivity contribution in [1.29, 1.82) is 0 Å². The summed E-state index contributed by atoms with van der Waals surface area (Å²) in [5.41, 5.74) is -0.0262. The SMILES string of the molecule is O=C1S/C(=C/c2cccc(Oc3ccc([N+](=O)[O-])cc3[N+](=O)[O-])c2)C(=O)N1Cc1cc2c(cc1Cl)OCO2. The van der Waals surface area contributed by atoms with Gasteiger partial charge in [-0.05, 0) is 53.2 Å². The highest BCUT2D eigenvalue weighted by atomic mass is 35.5. The van der Waals surface area contributed by atoms with E-state index in [9.17, 15) is 29.8 Å². The van der Waals surface area contributed by atoms with Gasteiger partial charge in [0.25, 0.3) is 16.8 Å². The Labute approximate surface area is 222 Å². The van der Waals surface area contributed by atoms with Gasteiger partial charge in [0.15, 0.2) is 11.5 Å². The van der Waals surface area contributed by atoms with Crippen molar-refractivity contribution in [2.75, 3.05) is 6.79 Å². The molecule has 14 heteroatoms. The number of fused-ring (bicyclic) bond motifs is 1. The Balaban J connectivity index is 1.35. The molecule has 0 unspecified atom stereocenters. The predicted molar refractivity (Wildman–Crippen MR) is 135 cm³/mol. The van der Waals surface area contributed by atoms with Crippen molar-refractivity contribution in [3.05, 3.63) is 95.9 Å². The average molecular weight is 556 g/mol. The third-order valence-corrected chi connectivity index (χ3v) is 6.74. The Bertz CT molecular complexity index is 1560. The van der Waals surface area contributed by atoms with Crippen molar-refractivity contribution in [3.8, 4) is 23.0 Å². The van der Waals surface area contributed by atoms with Crippen molar-refractivity contribution in [2.45, 2.75) is 6.54 Å². The fraction of sp³-hybridized carbons (Fsp3) is 0.0833. The zero-order chi connectivity index (χ0) is 27.0. The fourth-order valence-electron chi connectivity index (χ4n) is 3.68. The molecule has 0 radical (unpaired) electrons. The van der Waals surface area contributed by atoms with Crippen LogP contribution in [-0.4, -0.2) is 32.7 Å². The van der Waals surface area contributed by atoms with Crippen LogP contribution in [0.3, 0.4) is 0 Å². The lowest BCUT2D eigenvalue weighted by atomic mass is 10.1. The molecule has 0 N–H and O–H groups in total. The third-order valence-electron chi connectivity index (χ3n) is 5.48. The topological polar surface area (TPSA) is 151 Å². The van der Waals surface area contributed by atoms with E-state index >= 15 is 0 Å². The van der Waals surface area contributed by atoms with Crippen molar-refractivity contribution in [1.82, 2.24) is 4.90 Å². The second-order valence-electron chi connectivity index (χ2n) is 7.91. The molecule has 3 aromatic carbocycles. The lowest BCUT2D eigenvalue weighted by molar-refractivity contribution is -0.394. The van der Waals surface area contributed by atoms with Crippen molar-refractivity contribution in [2.24, 2.45) is 0 Å². The van der Waals surface area contributed by atoms with E-state index in [1.54, 1.807) is 24.3 Å². The first-order chi connectivity index (χ1) is 18.2. The van der Waals surface area contributed by atoms with Gasteiger partial charge in [-0.15, -0.1) is 0 Å². The summed E-state index contributed by atoms with van der Waals surface area (Å²) >= 11 is 7.04. The minimum atomic E-state index is -0.783. The number of non-ortho nitro benzene ring substituents is 1. The number of rotatable bonds is 7. The van der Waals surface area contributed by atoms with Crippen LogP contribution in [0.15, 0.2) is 59.5 Å². The van der Waals surface area contributed by atoms with Gasteiger partial charge in [-0.2, -0.15) is 0 Å². The van der Waals surface area contributed by atoms with Gasteiger partial charge in [-0.1, -0.05) is 23.7 Å². The molecule has 0 spiro atoms. The lowest BCUT2D eigenvalue weighted by Crippen LogP contribution is -2.27. The fourth-order valence-corrected chi connectivity index (χ4v) is 4.73. The molecule has 0 saturated carbocycles. The number of thioether (sulfide) groups is 1. The van der Waals surface area contributed by atoms with E-state index in [0.29, 0.717) is 27.6 Å². The minimum absolute atomic E-state index is 0.0553. The van der Waals surface area contributed by atoms with E-state index in [1.807, 2.05) is 0 Å². The number of carbonyl (C=O) groups excluding carboxylic acids is 2. The molecule has 2 heterocycles. The molecule has 38 heavy (non-hydrogen) atoms. The quantitative estimate of drug-likeness (QED) is 0.195.